The molecular formula is C24H23NO6S. The van der Waals surface area contributed by atoms with Gasteiger partial charge in [-0.1, -0.05) is 35.5 Å². The number of methoxy groups -OCH3 is 1. The monoisotopic (exact) mass is 453 g/mol. The summed E-state index contributed by atoms with van der Waals surface area (Å²) in [6.45, 7) is 5.14. The van der Waals surface area contributed by atoms with Gasteiger partial charge in [0.15, 0.2) is 11.5 Å². The van der Waals surface area contributed by atoms with Gasteiger partial charge in [0.25, 0.3) is 0 Å². The molecule has 2 aromatic rings. The van der Waals surface area contributed by atoms with Crippen molar-refractivity contribution in [1.29, 1.82) is 0 Å². The Balaban J connectivity index is 2.01. The van der Waals surface area contributed by atoms with Crippen LogP contribution in [-0.4, -0.2) is 35.8 Å². The normalized spacial score (nSPS) is 15.9. The van der Waals surface area contributed by atoms with E-state index < -0.39 is 11.9 Å². The van der Waals surface area contributed by atoms with E-state index in [4.69, 9.17) is 14.2 Å². The molecule has 2 aromatic carbocycles. The fraction of sp³-hybridized carbons (Fsp3) is 0.208. The lowest BCUT2D eigenvalue weighted by atomic mass is 10.1. The van der Waals surface area contributed by atoms with Gasteiger partial charge < -0.3 is 19.3 Å². The molecule has 0 aromatic heterocycles. The molecule has 0 saturated carbocycles. The Morgan fingerprint density at radius 1 is 1.12 bits per heavy atom. The van der Waals surface area contributed by atoms with Crippen LogP contribution in [0.3, 0.4) is 0 Å². The topological polar surface area (TPSA) is 94.4 Å². The zero-order valence-corrected chi connectivity index (χ0v) is 19.0. The Hall–Kier alpha value is -3.52. The summed E-state index contributed by atoms with van der Waals surface area (Å²) < 4.78 is 15.5. The standard InChI is InChI=1S/C24H23NO6S/c1-5-30-24(28)21-22(27)20(32-23(21)25-17-9-6-14(2)7-10-17)13-16-8-11-18(31-15(3)26)19(12-16)29-4/h6-13,27H,5H2,1-4H3/b20-13-,25-23?. The Kier molecular flexibility index (Phi) is 7.37. The summed E-state index contributed by atoms with van der Waals surface area (Å²) in [5.41, 5.74) is 2.43. The third-order valence-corrected chi connectivity index (χ3v) is 5.39. The van der Waals surface area contributed by atoms with Gasteiger partial charge in [-0.25, -0.2) is 9.79 Å². The Morgan fingerprint density at radius 3 is 2.47 bits per heavy atom. The van der Waals surface area contributed by atoms with Crippen LogP contribution in [0.2, 0.25) is 0 Å². The average molecular weight is 454 g/mol. The molecule has 1 N–H and O–H groups in total. The van der Waals surface area contributed by atoms with Crippen molar-refractivity contribution in [3.63, 3.8) is 0 Å². The predicted octanol–water partition coefficient (Wildman–Crippen LogP) is 5.12. The van der Waals surface area contributed by atoms with Crippen molar-refractivity contribution < 1.29 is 28.9 Å². The van der Waals surface area contributed by atoms with E-state index in [9.17, 15) is 14.7 Å². The maximum absolute atomic E-state index is 12.5. The number of carbonyl (C=O) groups is 2. The molecule has 0 unspecified atom stereocenters. The average Bonchev–Trinajstić information content (AvgIpc) is 3.05. The van der Waals surface area contributed by atoms with Crippen molar-refractivity contribution in [1.82, 2.24) is 0 Å². The van der Waals surface area contributed by atoms with E-state index in [0.717, 1.165) is 17.3 Å². The summed E-state index contributed by atoms with van der Waals surface area (Å²) in [5, 5.41) is 11.2. The van der Waals surface area contributed by atoms with E-state index >= 15 is 0 Å². The maximum Gasteiger partial charge on any atom is 0.344 e. The number of hydrogen-bond acceptors (Lipinski definition) is 8. The Labute approximate surface area is 190 Å². The minimum absolute atomic E-state index is 0.0205. The van der Waals surface area contributed by atoms with Crippen LogP contribution in [0.4, 0.5) is 5.69 Å². The number of nitrogens with zero attached hydrogens (tertiary/aromatic N) is 1. The van der Waals surface area contributed by atoms with Gasteiger partial charge in [-0.3, -0.25) is 4.79 Å². The molecule has 0 spiro atoms. The zero-order valence-electron chi connectivity index (χ0n) is 18.2. The molecule has 0 aliphatic carbocycles. The van der Waals surface area contributed by atoms with E-state index in [1.807, 2.05) is 31.2 Å². The number of aliphatic imine (C=N–C) groups is 1. The summed E-state index contributed by atoms with van der Waals surface area (Å²) in [6, 6.07) is 12.5. The number of aliphatic hydroxyl groups is 1. The highest BCUT2D eigenvalue weighted by molar-refractivity contribution is 8.18. The fourth-order valence-electron chi connectivity index (χ4n) is 2.89. The van der Waals surface area contributed by atoms with Crippen LogP contribution in [0.1, 0.15) is 25.0 Å². The molecular weight excluding hydrogens is 430 g/mol. The summed E-state index contributed by atoms with van der Waals surface area (Å²) in [6.07, 6.45) is 1.69. The second-order valence-electron chi connectivity index (χ2n) is 6.81. The van der Waals surface area contributed by atoms with Crippen LogP contribution in [0.15, 0.2) is 63.7 Å². The molecule has 166 valence electrons. The molecule has 0 radical (unpaired) electrons. The van der Waals surface area contributed by atoms with Gasteiger partial charge in [0.2, 0.25) is 0 Å². The van der Waals surface area contributed by atoms with Gasteiger partial charge >= 0.3 is 11.9 Å². The number of aryl methyl sites for hydroxylation is 1. The second-order valence-corrected chi connectivity index (χ2v) is 7.84. The molecule has 0 fully saturated rings. The van der Waals surface area contributed by atoms with Crippen molar-refractivity contribution >= 4 is 40.5 Å². The van der Waals surface area contributed by atoms with Crippen LogP contribution in [0.5, 0.6) is 11.5 Å². The maximum atomic E-state index is 12.5. The van der Waals surface area contributed by atoms with Gasteiger partial charge in [0.05, 0.1) is 24.3 Å². The molecule has 0 amide bonds. The Morgan fingerprint density at radius 2 is 1.84 bits per heavy atom. The van der Waals surface area contributed by atoms with Crippen molar-refractivity contribution in [2.75, 3.05) is 13.7 Å². The van der Waals surface area contributed by atoms with Gasteiger partial charge in [0.1, 0.15) is 16.4 Å². The second kappa shape index (κ2) is 10.2. The highest BCUT2D eigenvalue weighted by atomic mass is 32.2. The van der Waals surface area contributed by atoms with Crippen LogP contribution in [-0.2, 0) is 14.3 Å². The van der Waals surface area contributed by atoms with Gasteiger partial charge in [-0.2, -0.15) is 0 Å². The lowest BCUT2D eigenvalue weighted by molar-refractivity contribution is -0.138. The predicted molar refractivity (Wildman–Crippen MR) is 124 cm³/mol. The molecule has 1 aliphatic rings. The van der Waals surface area contributed by atoms with Gasteiger partial charge in [-0.15, -0.1) is 0 Å². The SMILES string of the molecule is CCOC(=O)C1=C(O)/C(=C/c2ccc(OC(C)=O)c(OC)c2)SC1=Nc1ccc(C)cc1. The van der Waals surface area contributed by atoms with E-state index in [1.54, 1.807) is 31.2 Å². The highest BCUT2D eigenvalue weighted by Crippen LogP contribution is 2.41. The van der Waals surface area contributed by atoms with E-state index in [0.29, 0.717) is 26.9 Å². The molecule has 0 saturated heterocycles. The number of carbonyl (C=O) groups excluding carboxylic acids is 2. The molecule has 0 atom stereocenters. The van der Waals surface area contributed by atoms with Crippen LogP contribution >= 0.6 is 11.8 Å². The Bertz CT molecular complexity index is 1130. The van der Waals surface area contributed by atoms with Crippen molar-refractivity contribution in [2.45, 2.75) is 20.8 Å². The molecule has 32 heavy (non-hydrogen) atoms. The first kappa shape index (κ1) is 23.1. The number of thioether (sulfide) groups is 1. The number of ether oxygens (including phenoxy) is 3. The van der Waals surface area contributed by atoms with E-state index in [-0.39, 0.29) is 23.7 Å². The number of aliphatic hydroxyl groups excluding tert-OH is 1. The molecule has 3 rings (SSSR count). The van der Waals surface area contributed by atoms with Gasteiger partial charge in [0, 0.05) is 6.92 Å². The third-order valence-electron chi connectivity index (χ3n) is 4.37. The van der Waals surface area contributed by atoms with Crippen molar-refractivity contribution in [2.24, 2.45) is 4.99 Å². The first-order valence-corrected chi connectivity index (χ1v) is 10.7. The first-order chi connectivity index (χ1) is 15.3. The quantitative estimate of drug-likeness (QED) is 0.479. The lowest BCUT2D eigenvalue weighted by Gasteiger charge is -2.08. The highest BCUT2D eigenvalue weighted by Gasteiger charge is 2.33. The van der Waals surface area contributed by atoms with Crippen LogP contribution < -0.4 is 9.47 Å². The fourth-order valence-corrected chi connectivity index (χ4v) is 3.93. The number of hydrogen-bond donors (Lipinski definition) is 1. The number of esters is 2. The van der Waals surface area contributed by atoms with Crippen molar-refractivity contribution in [3.8, 4) is 11.5 Å². The largest absolute Gasteiger partial charge is 0.506 e. The summed E-state index contributed by atoms with van der Waals surface area (Å²) >= 11 is 1.16. The molecule has 1 aliphatic heterocycles. The summed E-state index contributed by atoms with van der Waals surface area (Å²) in [7, 11) is 1.46. The number of rotatable bonds is 6. The zero-order chi connectivity index (χ0) is 23.3. The third kappa shape index (κ3) is 5.39. The minimum Gasteiger partial charge on any atom is -0.506 e. The lowest BCUT2D eigenvalue weighted by Crippen LogP contribution is -2.12. The van der Waals surface area contributed by atoms with E-state index in [1.165, 1.54) is 14.0 Å². The molecule has 0 bridgehead atoms. The molecule has 7 nitrogen and oxygen atoms in total. The number of benzene rings is 2. The van der Waals surface area contributed by atoms with Gasteiger partial charge in [-0.05, 0) is 49.8 Å². The summed E-state index contributed by atoms with van der Waals surface area (Å²) in [4.78, 5) is 28.8. The van der Waals surface area contributed by atoms with Crippen molar-refractivity contribution in [3.05, 3.63) is 69.8 Å². The first-order valence-electron chi connectivity index (χ1n) is 9.84. The van der Waals surface area contributed by atoms with E-state index in [2.05, 4.69) is 4.99 Å². The van der Waals surface area contributed by atoms with Crippen LogP contribution in [0, 0.1) is 6.92 Å². The molecule has 1 heterocycles. The minimum atomic E-state index is -0.644. The smallest absolute Gasteiger partial charge is 0.344 e. The van der Waals surface area contributed by atoms with Crippen LogP contribution in [0.25, 0.3) is 6.08 Å². The molecule has 8 heteroatoms. The summed E-state index contributed by atoms with van der Waals surface area (Å²) in [5.74, 6) is -0.663.